The van der Waals surface area contributed by atoms with E-state index < -0.39 is 0 Å². The van der Waals surface area contributed by atoms with Gasteiger partial charge in [-0.05, 0) is 53.3 Å². The maximum atomic E-state index is 12.9. The quantitative estimate of drug-likeness (QED) is 0.529. The number of hydrogen-bond acceptors (Lipinski definition) is 4. The predicted octanol–water partition coefficient (Wildman–Crippen LogP) is 4.45. The van der Waals surface area contributed by atoms with Crippen molar-refractivity contribution in [1.82, 2.24) is 10.6 Å². The number of nitrogens with one attached hydrogen (secondary N) is 2. The molecule has 1 atom stereocenters. The first-order valence-electron chi connectivity index (χ1n) is 9.60. The Kier molecular flexibility index (Phi) is 7.40. The van der Waals surface area contributed by atoms with E-state index in [9.17, 15) is 9.59 Å². The fraction of sp³-hybridized carbons (Fsp3) is 0.167. The van der Waals surface area contributed by atoms with E-state index in [2.05, 4.69) is 10.6 Å². The van der Waals surface area contributed by atoms with Crippen molar-refractivity contribution >= 4 is 29.2 Å². The molecule has 0 saturated heterocycles. The van der Waals surface area contributed by atoms with Gasteiger partial charge in [0, 0.05) is 17.0 Å². The monoisotopic (exact) mass is 420 g/mol. The maximum absolute atomic E-state index is 12.9. The van der Waals surface area contributed by atoms with Gasteiger partial charge in [-0.1, -0.05) is 43.3 Å². The van der Waals surface area contributed by atoms with Crippen LogP contribution in [0.4, 0.5) is 0 Å². The molecule has 5 nitrogen and oxygen atoms in total. The minimum absolute atomic E-state index is 0.149. The number of carbonyl (C=O) groups excluding carboxylic acids is 2. The van der Waals surface area contributed by atoms with Crippen molar-refractivity contribution in [3.63, 3.8) is 0 Å². The van der Waals surface area contributed by atoms with E-state index in [1.807, 2.05) is 54.8 Å². The summed E-state index contributed by atoms with van der Waals surface area (Å²) in [5.74, 6) is 0.128. The molecule has 0 aliphatic heterocycles. The van der Waals surface area contributed by atoms with E-state index in [0.29, 0.717) is 17.9 Å². The molecule has 0 aliphatic rings. The summed E-state index contributed by atoms with van der Waals surface area (Å²) in [6.45, 7) is 2.51. The minimum atomic E-state index is -0.355. The van der Waals surface area contributed by atoms with Gasteiger partial charge >= 0.3 is 0 Å². The maximum Gasteiger partial charge on any atom is 0.267 e. The lowest BCUT2D eigenvalue weighted by molar-refractivity contribution is -0.117. The van der Waals surface area contributed by atoms with E-state index in [1.54, 1.807) is 37.5 Å². The Hall–Kier alpha value is -3.38. The molecule has 0 spiro atoms. The fourth-order valence-corrected chi connectivity index (χ4v) is 3.51. The van der Waals surface area contributed by atoms with E-state index in [4.69, 9.17) is 4.74 Å². The first kappa shape index (κ1) is 21.3. The molecule has 0 saturated carbocycles. The third-order valence-corrected chi connectivity index (χ3v) is 5.43. The Morgan fingerprint density at radius 3 is 2.40 bits per heavy atom. The molecule has 2 aromatic carbocycles. The summed E-state index contributed by atoms with van der Waals surface area (Å²) in [6, 6.07) is 20.5. The number of amides is 2. The zero-order chi connectivity index (χ0) is 21.3. The number of thiophene rings is 1. The molecule has 2 N–H and O–H groups in total. The second kappa shape index (κ2) is 10.4. The van der Waals surface area contributed by atoms with Crippen molar-refractivity contribution in [2.24, 2.45) is 0 Å². The van der Waals surface area contributed by atoms with E-state index in [-0.39, 0.29) is 23.4 Å². The third-order valence-electron chi connectivity index (χ3n) is 4.61. The van der Waals surface area contributed by atoms with Crippen molar-refractivity contribution in [3.05, 3.63) is 93.8 Å². The van der Waals surface area contributed by atoms with Crippen LogP contribution < -0.4 is 15.4 Å². The molecular formula is C24H24N2O3S. The molecule has 3 rings (SSSR count). The van der Waals surface area contributed by atoms with E-state index >= 15 is 0 Å². The first-order valence-corrected chi connectivity index (χ1v) is 10.5. The standard InChI is InChI=1S/C24H24N2O3S/c1-17(18-7-4-3-5-8-18)16-25-24(28)22(15-21-9-6-14-30-21)26-23(27)19-10-12-20(29-2)13-11-19/h3-15,17H,16H2,1-2H3,(H,25,28)(H,26,27)/b22-15-/t17-/m0/s1. The van der Waals surface area contributed by atoms with Crippen LogP contribution in [0.3, 0.4) is 0 Å². The predicted molar refractivity (Wildman–Crippen MR) is 121 cm³/mol. The number of benzene rings is 2. The van der Waals surface area contributed by atoms with Crippen LogP contribution >= 0.6 is 11.3 Å². The van der Waals surface area contributed by atoms with Gasteiger partial charge in [-0.15, -0.1) is 11.3 Å². The average Bonchev–Trinajstić information content (AvgIpc) is 3.30. The Bertz CT molecular complexity index is 997. The van der Waals surface area contributed by atoms with Crippen LogP contribution in [0.25, 0.3) is 6.08 Å². The van der Waals surface area contributed by atoms with E-state index in [1.165, 1.54) is 11.3 Å². The molecule has 0 aliphatic carbocycles. The number of ether oxygens (including phenoxy) is 1. The number of hydrogen-bond donors (Lipinski definition) is 2. The van der Waals surface area contributed by atoms with Gasteiger partial charge in [-0.3, -0.25) is 9.59 Å². The highest BCUT2D eigenvalue weighted by atomic mass is 32.1. The normalized spacial score (nSPS) is 12.1. The summed E-state index contributed by atoms with van der Waals surface area (Å²) < 4.78 is 5.12. The Labute approximate surface area is 180 Å². The topological polar surface area (TPSA) is 67.4 Å². The van der Waals surface area contributed by atoms with Gasteiger partial charge in [0.1, 0.15) is 11.4 Å². The second-order valence-electron chi connectivity index (χ2n) is 6.78. The van der Waals surface area contributed by atoms with Crippen molar-refractivity contribution in [2.45, 2.75) is 12.8 Å². The molecule has 30 heavy (non-hydrogen) atoms. The van der Waals surface area contributed by atoms with Crippen LogP contribution in [0.1, 0.15) is 33.6 Å². The molecule has 3 aromatic rings. The summed E-state index contributed by atoms with van der Waals surface area (Å²) >= 11 is 1.49. The molecular weight excluding hydrogens is 396 g/mol. The summed E-state index contributed by atoms with van der Waals surface area (Å²) in [7, 11) is 1.57. The molecule has 2 amide bonds. The zero-order valence-electron chi connectivity index (χ0n) is 16.9. The first-order chi connectivity index (χ1) is 14.6. The van der Waals surface area contributed by atoms with Gasteiger partial charge in [0.05, 0.1) is 7.11 Å². The van der Waals surface area contributed by atoms with Crippen molar-refractivity contribution in [1.29, 1.82) is 0 Å². The largest absolute Gasteiger partial charge is 0.497 e. The van der Waals surface area contributed by atoms with Gasteiger partial charge in [0.15, 0.2) is 0 Å². The number of carbonyl (C=O) groups is 2. The average molecular weight is 421 g/mol. The Morgan fingerprint density at radius 1 is 1.03 bits per heavy atom. The highest BCUT2D eigenvalue weighted by Crippen LogP contribution is 2.16. The van der Waals surface area contributed by atoms with Gasteiger partial charge in [0.25, 0.3) is 11.8 Å². The van der Waals surface area contributed by atoms with Crippen molar-refractivity contribution in [2.75, 3.05) is 13.7 Å². The summed E-state index contributed by atoms with van der Waals surface area (Å²) in [6.07, 6.45) is 1.69. The van der Waals surface area contributed by atoms with Gasteiger partial charge in [-0.2, -0.15) is 0 Å². The van der Waals surface area contributed by atoms with Crippen LogP contribution in [0, 0.1) is 0 Å². The molecule has 1 heterocycles. The molecule has 0 unspecified atom stereocenters. The number of rotatable bonds is 8. The highest BCUT2D eigenvalue weighted by molar-refractivity contribution is 7.10. The van der Waals surface area contributed by atoms with Crippen LogP contribution in [0.5, 0.6) is 5.75 Å². The zero-order valence-corrected chi connectivity index (χ0v) is 17.7. The lowest BCUT2D eigenvalue weighted by atomic mass is 10.0. The third kappa shape index (κ3) is 5.81. The van der Waals surface area contributed by atoms with Crippen LogP contribution in [0.15, 0.2) is 77.8 Å². The Morgan fingerprint density at radius 2 is 1.77 bits per heavy atom. The van der Waals surface area contributed by atoms with Crippen molar-refractivity contribution < 1.29 is 14.3 Å². The molecule has 1 aromatic heterocycles. The molecule has 0 fully saturated rings. The fourth-order valence-electron chi connectivity index (χ4n) is 2.85. The Balaban J connectivity index is 1.71. The van der Waals surface area contributed by atoms with Crippen LogP contribution in [-0.2, 0) is 4.79 Å². The smallest absolute Gasteiger partial charge is 0.267 e. The van der Waals surface area contributed by atoms with Gasteiger partial charge < -0.3 is 15.4 Å². The summed E-state index contributed by atoms with van der Waals surface area (Å²) in [5, 5.41) is 7.60. The van der Waals surface area contributed by atoms with Gasteiger partial charge in [-0.25, -0.2) is 0 Å². The van der Waals surface area contributed by atoms with E-state index in [0.717, 1.165) is 10.4 Å². The van der Waals surface area contributed by atoms with Crippen molar-refractivity contribution in [3.8, 4) is 5.75 Å². The lowest BCUT2D eigenvalue weighted by Gasteiger charge is -2.15. The molecule has 6 heteroatoms. The second-order valence-corrected chi connectivity index (χ2v) is 7.76. The summed E-state index contributed by atoms with van der Waals surface area (Å²) in [5.41, 5.74) is 1.79. The van der Waals surface area contributed by atoms with Crippen LogP contribution in [-0.4, -0.2) is 25.5 Å². The lowest BCUT2D eigenvalue weighted by Crippen LogP contribution is -2.36. The van der Waals surface area contributed by atoms with Gasteiger partial charge in [0.2, 0.25) is 0 Å². The molecule has 154 valence electrons. The highest BCUT2D eigenvalue weighted by Gasteiger charge is 2.16. The van der Waals surface area contributed by atoms with Crippen LogP contribution in [0.2, 0.25) is 0 Å². The SMILES string of the molecule is COc1ccc(C(=O)N/C(=C\c2cccs2)C(=O)NC[C@H](C)c2ccccc2)cc1. The molecule has 0 bridgehead atoms. The molecule has 0 radical (unpaired) electrons. The number of methoxy groups -OCH3 is 1. The minimum Gasteiger partial charge on any atom is -0.497 e. The summed E-state index contributed by atoms with van der Waals surface area (Å²) in [4.78, 5) is 26.4.